The molecule has 0 aliphatic heterocycles. The van der Waals surface area contributed by atoms with E-state index in [9.17, 15) is 18.8 Å². The second kappa shape index (κ2) is 7.26. The van der Waals surface area contributed by atoms with E-state index in [-0.39, 0.29) is 23.4 Å². The molecule has 2 aromatic rings. The van der Waals surface area contributed by atoms with Crippen LogP contribution in [0.5, 0.6) is 0 Å². The van der Waals surface area contributed by atoms with Crippen molar-refractivity contribution in [2.75, 3.05) is 7.11 Å². The lowest BCUT2D eigenvalue weighted by atomic mass is 10.1. The minimum Gasteiger partial charge on any atom is -0.464 e. The van der Waals surface area contributed by atoms with Crippen molar-refractivity contribution in [1.29, 1.82) is 0 Å². The Morgan fingerprint density at radius 2 is 2.00 bits per heavy atom. The fourth-order valence-corrected chi connectivity index (χ4v) is 1.93. The van der Waals surface area contributed by atoms with Crippen molar-refractivity contribution in [3.63, 3.8) is 0 Å². The van der Waals surface area contributed by atoms with Gasteiger partial charge in [-0.15, -0.1) is 0 Å². The standard InChI is InChI=1S/C16H13FN2O4/c1-23-16(22)13-7-3-5-11(19-13)8-18-15(21)14-10(9-20)4-2-6-12(14)17/h2-7,9H,8H2,1H3,(H,18,21). The molecule has 7 heteroatoms. The Morgan fingerprint density at radius 3 is 2.70 bits per heavy atom. The van der Waals surface area contributed by atoms with E-state index in [1.165, 1.54) is 25.3 Å². The summed E-state index contributed by atoms with van der Waals surface area (Å²) in [4.78, 5) is 38.4. The largest absolute Gasteiger partial charge is 0.464 e. The number of rotatable bonds is 5. The highest BCUT2D eigenvalue weighted by molar-refractivity contribution is 6.01. The maximum Gasteiger partial charge on any atom is 0.356 e. The van der Waals surface area contributed by atoms with Gasteiger partial charge in [0.1, 0.15) is 11.5 Å². The van der Waals surface area contributed by atoms with Gasteiger partial charge in [-0.05, 0) is 18.2 Å². The highest BCUT2D eigenvalue weighted by atomic mass is 19.1. The summed E-state index contributed by atoms with van der Waals surface area (Å²) in [6, 6.07) is 8.43. The normalized spacial score (nSPS) is 10.0. The van der Waals surface area contributed by atoms with Crippen molar-refractivity contribution < 1.29 is 23.5 Å². The average Bonchev–Trinajstić information content (AvgIpc) is 2.58. The lowest BCUT2D eigenvalue weighted by molar-refractivity contribution is 0.0593. The summed E-state index contributed by atoms with van der Waals surface area (Å²) in [6.45, 7) is -0.0314. The van der Waals surface area contributed by atoms with Gasteiger partial charge >= 0.3 is 5.97 Å². The van der Waals surface area contributed by atoms with E-state index in [0.717, 1.165) is 6.07 Å². The Bertz CT molecular complexity index is 761. The van der Waals surface area contributed by atoms with Crippen LogP contribution < -0.4 is 5.32 Å². The number of amides is 1. The number of carbonyl (C=O) groups excluding carboxylic acids is 3. The first-order valence-corrected chi connectivity index (χ1v) is 6.63. The van der Waals surface area contributed by atoms with Gasteiger partial charge in [0.05, 0.1) is 24.9 Å². The molecule has 0 saturated carbocycles. The number of carbonyl (C=O) groups is 3. The van der Waals surface area contributed by atoms with Crippen LogP contribution in [0.15, 0.2) is 36.4 Å². The molecule has 0 bridgehead atoms. The minimum absolute atomic E-state index is 0.0314. The van der Waals surface area contributed by atoms with E-state index in [1.54, 1.807) is 12.1 Å². The van der Waals surface area contributed by atoms with Crippen molar-refractivity contribution in [2.24, 2.45) is 0 Å². The number of ether oxygens (including phenoxy) is 1. The van der Waals surface area contributed by atoms with Gasteiger partial charge in [-0.25, -0.2) is 14.2 Å². The molecule has 1 aromatic carbocycles. The summed E-state index contributed by atoms with van der Waals surface area (Å²) in [7, 11) is 1.23. The van der Waals surface area contributed by atoms with Gasteiger partial charge in [-0.3, -0.25) is 9.59 Å². The summed E-state index contributed by atoms with van der Waals surface area (Å²) < 4.78 is 18.3. The molecular formula is C16H13FN2O4. The van der Waals surface area contributed by atoms with Crippen molar-refractivity contribution in [3.05, 3.63) is 64.7 Å². The van der Waals surface area contributed by atoms with Gasteiger partial charge in [0.25, 0.3) is 5.91 Å². The summed E-state index contributed by atoms with van der Waals surface area (Å²) in [5.41, 5.74) is 0.120. The van der Waals surface area contributed by atoms with Crippen LogP contribution >= 0.6 is 0 Å². The van der Waals surface area contributed by atoms with E-state index in [4.69, 9.17) is 0 Å². The lowest BCUT2D eigenvalue weighted by Crippen LogP contribution is -2.26. The van der Waals surface area contributed by atoms with Crippen LogP contribution in [0, 0.1) is 5.82 Å². The van der Waals surface area contributed by atoms with Crippen molar-refractivity contribution in [2.45, 2.75) is 6.54 Å². The van der Waals surface area contributed by atoms with Crippen molar-refractivity contribution >= 4 is 18.2 Å². The third-order valence-electron chi connectivity index (χ3n) is 3.03. The molecule has 6 nitrogen and oxygen atoms in total. The highest BCUT2D eigenvalue weighted by Gasteiger charge is 2.16. The molecule has 2 rings (SSSR count). The molecule has 23 heavy (non-hydrogen) atoms. The molecule has 1 N–H and O–H groups in total. The molecule has 0 spiro atoms. The molecule has 118 valence electrons. The fraction of sp³-hybridized carbons (Fsp3) is 0.125. The van der Waals surface area contributed by atoms with E-state index in [2.05, 4.69) is 15.0 Å². The van der Waals surface area contributed by atoms with Crippen molar-refractivity contribution in [3.8, 4) is 0 Å². The van der Waals surface area contributed by atoms with E-state index in [1.807, 2.05) is 0 Å². The lowest BCUT2D eigenvalue weighted by Gasteiger charge is -2.08. The number of aromatic nitrogens is 1. The molecule has 0 aliphatic carbocycles. The zero-order valence-corrected chi connectivity index (χ0v) is 12.2. The maximum absolute atomic E-state index is 13.7. The van der Waals surface area contributed by atoms with Crippen LogP contribution in [0.25, 0.3) is 0 Å². The third-order valence-corrected chi connectivity index (χ3v) is 3.03. The monoisotopic (exact) mass is 316 g/mol. The smallest absolute Gasteiger partial charge is 0.356 e. The number of nitrogens with one attached hydrogen (secondary N) is 1. The van der Waals surface area contributed by atoms with E-state index in [0.29, 0.717) is 12.0 Å². The molecular weight excluding hydrogens is 303 g/mol. The minimum atomic E-state index is -0.789. The van der Waals surface area contributed by atoms with E-state index < -0.39 is 17.7 Å². The number of methoxy groups -OCH3 is 1. The van der Waals surface area contributed by atoms with Gasteiger partial charge in [0.15, 0.2) is 6.29 Å². The van der Waals surface area contributed by atoms with Crippen LogP contribution in [-0.4, -0.2) is 30.3 Å². The van der Waals surface area contributed by atoms with Crippen LogP contribution in [0.2, 0.25) is 0 Å². The Balaban J connectivity index is 2.14. The molecule has 1 heterocycles. The first-order valence-electron chi connectivity index (χ1n) is 6.63. The van der Waals surface area contributed by atoms with Crippen LogP contribution in [-0.2, 0) is 11.3 Å². The van der Waals surface area contributed by atoms with Gasteiger partial charge in [-0.2, -0.15) is 0 Å². The summed E-state index contributed by atoms with van der Waals surface area (Å²) in [5.74, 6) is -2.13. The van der Waals surface area contributed by atoms with Crippen LogP contribution in [0.4, 0.5) is 4.39 Å². The van der Waals surface area contributed by atoms with Crippen LogP contribution in [0.3, 0.4) is 0 Å². The third kappa shape index (κ3) is 3.76. The molecule has 1 aromatic heterocycles. The number of pyridine rings is 1. The number of nitrogens with zero attached hydrogens (tertiary/aromatic N) is 1. The first-order chi connectivity index (χ1) is 11.1. The second-order valence-electron chi connectivity index (χ2n) is 4.51. The fourth-order valence-electron chi connectivity index (χ4n) is 1.93. The van der Waals surface area contributed by atoms with Gasteiger partial charge < -0.3 is 10.1 Å². The number of halogens is 1. The highest BCUT2D eigenvalue weighted by Crippen LogP contribution is 2.12. The summed E-state index contributed by atoms with van der Waals surface area (Å²) in [5, 5.41) is 2.46. The number of aldehydes is 1. The van der Waals surface area contributed by atoms with Crippen LogP contribution in [0.1, 0.15) is 36.9 Å². The number of esters is 1. The zero-order chi connectivity index (χ0) is 16.8. The van der Waals surface area contributed by atoms with Gasteiger partial charge in [0, 0.05) is 5.56 Å². The average molecular weight is 316 g/mol. The molecule has 0 aliphatic rings. The molecule has 0 saturated heterocycles. The first kappa shape index (κ1) is 16.3. The Morgan fingerprint density at radius 1 is 1.26 bits per heavy atom. The molecule has 0 radical (unpaired) electrons. The molecule has 0 unspecified atom stereocenters. The number of hydrogen-bond acceptors (Lipinski definition) is 5. The quantitative estimate of drug-likeness (QED) is 0.671. The summed E-state index contributed by atoms with van der Waals surface area (Å²) in [6.07, 6.45) is 0.411. The number of benzene rings is 1. The predicted molar refractivity (Wildman–Crippen MR) is 78.5 cm³/mol. The van der Waals surface area contributed by atoms with E-state index >= 15 is 0 Å². The molecule has 1 amide bonds. The molecule has 0 atom stereocenters. The Labute approximate surface area is 131 Å². The zero-order valence-electron chi connectivity index (χ0n) is 12.2. The van der Waals surface area contributed by atoms with Crippen molar-refractivity contribution in [1.82, 2.24) is 10.3 Å². The van der Waals surface area contributed by atoms with Gasteiger partial charge in [0.2, 0.25) is 0 Å². The Hall–Kier alpha value is -3.09. The van der Waals surface area contributed by atoms with Gasteiger partial charge in [-0.1, -0.05) is 18.2 Å². The predicted octanol–water partition coefficient (Wildman–Crippen LogP) is 1.75. The Kier molecular flexibility index (Phi) is 5.14. The summed E-state index contributed by atoms with van der Waals surface area (Å²) >= 11 is 0. The number of hydrogen-bond donors (Lipinski definition) is 1. The molecule has 0 fully saturated rings. The topological polar surface area (TPSA) is 85.4 Å². The maximum atomic E-state index is 13.7. The SMILES string of the molecule is COC(=O)c1cccc(CNC(=O)c2c(F)cccc2C=O)n1. The second-order valence-corrected chi connectivity index (χ2v) is 4.51.